The molecule has 1 aromatic carbocycles. The number of amides is 1. The van der Waals surface area contributed by atoms with E-state index in [1.807, 2.05) is 13.1 Å². The first-order chi connectivity index (χ1) is 11.5. The second kappa shape index (κ2) is 6.73. The molecule has 2 heterocycles. The SMILES string of the molecule is COc1cc(C(=O)N[C@@H]2CCc3nc(C)cn3C2)cc(Cl)c1OC. The van der Waals surface area contributed by atoms with E-state index < -0.39 is 0 Å². The number of benzene rings is 1. The van der Waals surface area contributed by atoms with Crippen LogP contribution >= 0.6 is 11.6 Å². The molecule has 0 bridgehead atoms. The van der Waals surface area contributed by atoms with Crippen LogP contribution in [0.2, 0.25) is 5.02 Å². The van der Waals surface area contributed by atoms with Crippen molar-refractivity contribution >= 4 is 17.5 Å². The Morgan fingerprint density at radius 3 is 2.88 bits per heavy atom. The van der Waals surface area contributed by atoms with Gasteiger partial charge in [-0.05, 0) is 25.5 Å². The quantitative estimate of drug-likeness (QED) is 0.921. The molecule has 1 amide bonds. The van der Waals surface area contributed by atoms with Gasteiger partial charge >= 0.3 is 0 Å². The number of imidazole rings is 1. The van der Waals surface area contributed by atoms with Gasteiger partial charge < -0.3 is 19.4 Å². The van der Waals surface area contributed by atoms with Gasteiger partial charge in [-0.2, -0.15) is 0 Å². The topological polar surface area (TPSA) is 65.4 Å². The largest absolute Gasteiger partial charge is 0.493 e. The number of nitrogens with zero attached hydrogens (tertiary/aromatic N) is 2. The summed E-state index contributed by atoms with van der Waals surface area (Å²) in [4.78, 5) is 17.0. The van der Waals surface area contributed by atoms with E-state index in [4.69, 9.17) is 21.1 Å². The third-order valence-electron chi connectivity index (χ3n) is 4.14. The van der Waals surface area contributed by atoms with E-state index in [2.05, 4.69) is 14.9 Å². The Morgan fingerprint density at radius 2 is 2.17 bits per heavy atom. The fourth-order valence-corrected chi connectivity index (χ4v) is 3.31. The Labute approximate surface area is 145 Å². The maximum atomic E-state index is 12.6. The lowest BCUT2D eigenvalue weighted by molar-refractivity contribution is 0.0927. The molecule has 1 aromatic heterocycles. The van der Waals surface area contributed by atoms with Gasteiger partial charge in [-0.1, -0.05) is 11.6 Å². The fraction of sp³-hybridized carbons (Fsp3) is 0.412. The van der Waals surface area contributed by atoms with Gasteiger partial charge in [0.25, 0.3) is 5.91 Å². The summed E-state index contributed by atoms with van der Waals surface area (Å²) in [6.45, 7) is 2.70. The van der Waals surface area contributed by atoms with E-state index in [0.717, 1.165) is 30.9 Å². The highest BCUT2D eigenvalue weighted by molar-refractivity contribution is 6.32. The van der Waals surface area contributed by atoms with Gasteiger partial charge in [0.05, 0.1) is 24.9 Å². The van der Waals surface area contributed by atoms with Crippen LogP contribution in [0.1, 0.15) is 28.3 Å². The molecule has 0 saturated carbocycles. The van der Waals surface area contributed by atoms with E-state index in [0.29, 0.717) is 22.1 Å². The van der Waals surface area contributed by atoms with Crippen LogP contribution in [0.15, 0.2) is 18.3 Å². The maximum absolute atomic E-state index is 12.6. The minimum Gasteiger partial charge on any atom is -0.493 e. The smallest absolute Gasteiger partial charge is 0.251 e. The first-order valence-corrected chi connectivity index (χ1v) is 8.14. The van der Waals surface area contributed by atoms with Gasteiger partial charge in [0, 0.05) is 30.8 Å². The van der Waals surface area contributed by atoms with Crippen LogP contribution < -0.4 is 14.8 Å². The Kier molecular flexibility index (Phi) is 4.66. The molecule has 3 rings (SSSR count). The molecule has 0 saturated heterocycles. The van der Waals surface area contributed by atoms with E-state index in [-0.39, 0.29) is 11.9 Å². The van der Waals surface area contributed by atoms with Crippen LogP contribution in [-0.2, 0) is 13.0 Å². The predicted octanol–water partition coefficient (Wildman–Crippen LogP) is 2.61. The van der Waals surface area contributed by atoms with E-state index in [1.165, 1.54) is 14.2 Å². The van der Waals surface area contributed by atoms with Crippen molar-refractivity contribution < 1.29 is 14.3 Å². The number of nitrogens with one attached hydrogen (secondary N) is 1. The van der Waals surface area contributed by atoms with Crippen LogP contribution in [0.4, 0.5) is 0 Å². The summed E-state index contributed by atoms with van der Waals surface area (Å²) in [5, 5.41) is 3.40. The Balaban J connectivity index is 1.75. The summed E-state index contributed by atoms with van der Waals surface area (Å²) in [6.07, 6.45) is 3.73. The van der Waals surface area contributed by atoms with Crippen molar-refractivity contribution in [2.24, 2.45) is 0 Å². The maximum Gasteiger partial charge on any atom is 0.251 e. The molecule has 24 heavy (non-hydrogen) atoms. The minimum atomic E-state index is -0.178. The van der Waals surface area contributed by atoms with E-state index in [1.54, 1.807) is 12.1 Å². The van der Waals surface area contributed by atoms with Crippen molar-refractivity contribution in [3.8, 4) is 11.5 Å². The number of fused-ring (bicyclic) bond motifs is 1. The monoisotopic (exact) mass is 349 g/mol. The first-order valence-electron chi connectivity index (χ1n) is 7.77. The Hall–Kier alpha value is -2.21. The van der Waals surface area contributed by atoms with Gasteiger partial charge in [-0.3, -0.25) is 4.79 Å². The zero-order valence-corrected chi connectivity index (χ0v) is 14.7. The lowest BCUT2D eigenvalue weighted by atomic mass is 10.1. The minimum absolute atomic E-state index is 0.0606. The Bertz CT molecular complexity index is 773. The molecular weight excluding hydrogens is 330 g/mol. The lowest BCUT2D eigenvalue weighted by Gasteiger charge is -2.25. The van der Waals surface area contributed by atoms with Crippen molar-refractivity contribution in [1.29, 1.82) is 0 Å². The second-order valence-electron chi connectivity index (χ2n) is 5.85. The number of hydrogen-bond donors (Lipinski definition) is 1. The molecule has 0 fully saturated rings. The molecule has 1 aliphatic heterocycles. The number of methoxy groups -OCH3 is 2. The van der Waals surface area contributed by atoms with E-state index >= 15 is 0 Å². The molecule has 0 aliphatic carbocycles. The highest BCUT2D eigenvalue weighted by atomic mass is 35.5. The van der Waals surface area contributed by atoms with Gasteiger partial charge in [0.2, 0.25) is 0 Å². The highest BCUT2D eigenvalue weighted by Gasteiger charge is 2.23. The molecule has 6 nitrogen and oxygen atoms in total. The van der Waals surface area contributed by atoms with Crippen LogP contribution in [0.3, 0.4) is 0 Å². The summed E-state index contributed by atoms with van der Waals surface area (Å²) in [6, 6.07) is 3.29. The number of halogens is 1. The molecule has 128 valence electrons. The molecule has 1 atom stereocenters. The van der Waals surface area contributed by atoms with Crippen LogP contribution in [0.25, 0.3) is 0 Å². The van der Waals surface area contributed by atoms with Gasteiger partial charge in [-0.15, -0.1) is 0 Å². The first kappa shape index (κ1) is 16.6. The number of hydrogen-bond acceptors (Lipinski definition) is 4. The van der Waals surface area contributed by atoms with Crippen molar-refractivity contribution in [1.82, 2.24) is 14.9 Å². The number of carbonyl (C=O) groups is 1. The van der Waals surface area contributed by atoms with Gasteiger partial charge in [-0.25, -0.2) is 4.98 Å². The number of aromatic nitrogens is 2. The summed E-state index contributed by atoms with van der Waals surface area (Å²) >= 11 is 6.17. The molecule has 0 spiro atoms. The number of ether oxygens (including phenoxy) is 2. The third kappa shape index (κ3) is 3.19. The average molecular weight is 350 g/mol. The normalized spacial score (nSPS) is 16.4. The standard InChI is InChI=1S/C17H20ClN3O3/c1-10-8-21-9-12(4-5-15(21)19-10)20-17(22)11-6-13(18)16(24-3)14(7-11)23-2/h6-8,12H,4-5,9H2,1-3H3,(H,20,22)/t12-/m1/s1. The second-order valence-corrected chi connectivity index (χ2v) is 6.26. The summed E-state index contributed by atoms with van der Waals surface area (Å²) in [5.41, 5.74) is 1.45. The predicted molar refractivity (Wildman–Crippen MR) is 91.1 cm³/mol. The molecule has 2 aromatic rings. The van der Waals surface area contributed by atoms with Crippen LogP contribution in [-0.4, -0.2) is 35.7 Å². The van der Waals surface area contributed by atoms with Crippen LogP contribution in [0, 0.1) is 6.92 Å². The summed E-state index contributed by atoms with van der Waals surface area (Å²) in [5.74, 6) is 1.76. The molecule has 1 N–H and O–H groups in total. The Morgan fingerprint density at radius 1 is 1.38 bits per heavy atom. The van der Waals surface area contributed by atoms with Crippen molar-refractivity contribution in [2.75, 3.05) is 14.2 Å². The van der Waals surface area contributed by atoms with Crippen molar-refractivity contribution in [2.45, 2.75) is 32.4 Å². The number of rotatable bonds is 4. The van der Waals surface area contributed by atoms with Crippen molar-refractivity contribution in [3.05, 3.63) is 40.4 Å². The number of aryl methyl sites for hydroxylation is 2. The zero-order chi connectivity index (χ0) is 17.3. The average Bonchev–Trinajstić information content (AvgIpc) is 2.93. The highest BCUT2D eigenvalue weighted by Crippen LogP contribution is 2.36. The van der Waals surface area contributed by atoms with Crippen LogP contribution in [0.5, 0.6) is 11.5 Å². The summed E-state index contributed by atoms with van der Waals surface area (Å²) in [7, 11) is 3.02. The molecule has 1 aliphatic rings. The molecule has 0 unspecified atom stereocenters. The van der Waals surface area contributed by atoms with Crippen molar-refractivity contribution in [3.63, 3.8) is 0 Å². The molecule has 0 radical (unpaired) electrons. The fourth-order valence-electron chi connectivity index (χ4n) is 3.02. The van der Waals surface area contributed by atoms with Gasteiger partial charge in [0.1, 0.15) is 5.82 Å². The van der Waals surface area contributed by atoms with E-state index in [9.17, 15) is 4.79 Å². The van der Waals surface area contributed by atoms with Gasteiger partial charge in [0.15, 0.2) is 11.5 Å². The summed E-state index contributed by atoms with van der Waals surface area (Å²) < 4.78 is 12.5. The molecular formula is C17H20ClN3O3. The molecule has 7 heteroatoms. The third-order valence-corrected chi connectivity index (χ3v) is 4.42. The lowest BCUT2D eigenvalue weighted by Crippen LogP contribution is -2.40. The zero-order valence-electron chi connectivity index (χ0n) is 13.9. The number of carbonyl (C=O) groups excluding carboxylic acids is 1.